The molecule has 0 heterocycles. The first-order valence-electron chi connectivity index (χ1n) is 7.50. The van der Waals surface area contributed by atoms with E-state index in [0.717, 1.165) is 31.2 Å². The first-order chi connectivity index (χ1) is 10.1. The van der Waals surface area contributed by atoms with E-state index in [4.69, 9.17) is 11.5 Å². The maximum Gasteiger partial charge on any atom is 0.222 e. The molecule has 0 bridgehead atoms. The van der Waals surface area contributed by atoms with Crippen LogP contribution in [0.15, 0.2) is 24.3 Å². The number of carbonyl (C=O) groups is 2. The number of nitrogen functional groups attached to an aromatic ring is 1. The molecule has 1 aliphatic carbocycles. The molecular formula is C16H23N3O2. The second-order valence-corrected chi connectivity index (χ2v) is 5.67. The molecule has 21 heavy (non-hydrogen) atoms. The highest BCUT2D eigenvalue weighted by Crippen LogP contribution is 2.24. The second-order valence-electron chi connectivity index (χ2n) is 5.67. The van der Waals surface area contributed by atoms with Crippen LogP contribution in [0.1, 0.15) is 37.7 Å². The molecule has 1 aromatic carbocycles. The van der Waals surface area contributed by atoms with Gasteiger partial charge in [0.05, 0.1) is 5.92 Å². The SMILES string of the molecule is NC(=O)C1CCCCC1NC(=O)CCc1ccccc1N. The largest absolute Gasteiger partial charge is 0.399 e. The highest BCUT2D eigenvalue weighted by atomic mass is 16.2. The lowest BCUT2D eigenvalue weighted by molar-refractivity contribution is -0.126. The van der Waals surface area contributed by atoms with Crippen LogP contribution in [-0.2, 0) is 16.0 Å². The fraction of sp³-hybridized carbons (Fsp3) is 0.500. The van der Waals surface area contributed by atoms with Crippen molar-refractivity contribution in [1.82, 2.24) is 5.32 Å². The molecule has 2 amide bonds. The molecule has 0 aromatic heterocycles. The summed E-state index contributed by atoms with van der Waals surface area (Å²) in [7, 11) is 0. The number of primary amides is 1. The van der Waals surface area contributed by atoms with Gasteiger partial charge in [-0.3, -0.25) is 9.59 Å². The molecule has 1 saturated carbocycles. The number of hydrogen-bond donors (Lipinski definition) is 3. The quantitative estimate of drug-likeness (QED) is 0.714. The molecule has 114 valence electrons. The Hall–Kier alpha value is -2.04. The normalized spacial score (nSPS) is 21.7. The van der Waals surface area contributed by atoms with Crippen LogP contribution in [0, 0.1) is 5.92 Å². The van der Waals surface area contributed by atoms with Crippen molar-refractivity contribution in [2.45, 2.75) is 44.6 Å². The molecule has 1 aromatic rings. The van der Waals surface area contributed by atoms with Crippen LogP contribution in [0.5, 0.6) is 0 Å². The van der Waals surface area contributed by atoms with Gasteiger partial charge in [0.2, 0.25) is 11.8 Å². The Morgan fingerprint density at radius 2 is 1.90 bits per heavy atom. The van der Waals surface area contributed by atoms with Crippen LogP contribution >= 0.6 is 0 Å². The summed E-state index contributed by atoms with van der Waals surface area (Å²) in [6.07, 6.45) is 4.60. The van der Waals surface area contributed by atoms with Crippen molar-refractivity contribution in [1.29, 1.82) is 0 Å². The van der Waals surface area contributed by atoms with Crippen molar-refractivity contribution in [3.8, 4) is 0 Å². The first-order valence-corrected chi connectivity index (χ1v) is 7.50. The molecule has 5 nitrogen and oxygen atoms in total. The molecule has 1 aliphatic rings. The third-order valence-electron chi connectivity index (χ3n) is 4.15. The van der Waals surface area contributed by atoms with Crippen LogP contribution < -0.4 is 16.8 Å². The van der Waals surface area contributed by atoms with E-state index in [1.807, 2.05) is 24.3 Å². The van der Waals surface area contributed by atoms with Gasteiger partial charge >= 0.3 is 0 Å². The Kier molecular flexibility index (Phi) is 5.20. The van der Waals surface area contributed by atoms with Crippen molar-refractivity contribution in [2.24, 2.45) is 11.7 Å². The van der Waals surface area contributed by atoms with Gasteiger partial charge in [-0.05, 0) is 30.9 Å². The molecule has 2 unspecified atom stereocenters. The second kappa shape index (κ2) is 7.11. The van der Waals surface area contributed by atoms with E-state index < -0.39 is 0 Å². The van der Waals surface area contributed by atoms with Gasteiger partial charge in [-0.15, -0.1) is 0 Å². The zero-order valence-electron chi connectivity index (χ0n) is 12.2. The van der Waals surface area contributed by atoms with Crippen molar-refractivity contribution in [3.05, 3.63) is 29.8 Å². The first kappa shape index (κ1) is 15.4. The molecule has 0 radical (unpaired) electrons. The molecule has 0 saturated heterocycles. The molecule has 1 fully saturated rings. The number of amides is 2. The van der Waals surface area contributed by atoms with Gasteiger partial charge in [0.25, 0.3) is 0 Å². The smallest absolute Gasteiger partial charge is 0.222 e. The van der Waals surface area contributed by atoms with Crippen LogP contribution in [0.2, 0.25) is 0 Å². The van der Waals surface area contributed by atoms with Crippen LogP contribution in [0.25, 0.3) is 0 Å². The zero-order valence-corrected chi connectivity index (χ0v) is 12.2. The number of carbonyl (C=O) groups excluding carboxylic acids is 2. The average Bonchev–Trinajstić information content (AvgIpc) is 2.47. The highest BCUT2D eigenvalue weighted by Gasteiger charge is 2.30. The fourth-order valence-electron chi connectivity index (χ4n) is 2.93. The number of nitrogens with one attached hydrogen (secondary N) is 1. The van der Waals surface area contributed by atoms with Gasteiger partial charge in [-0.1, -0.05) is 31.0 Å². The van der Waals surface area contributed by atoms with Crippen molar-refractivity contribution < 1.29 is 9.59 Å². The third kappa shape index (κ3) is 4.21. The third-order valence-corrected chi connectivity index (χ3v) is 4.15. The minimum Gasteiger partial charge on any atom is -0.399 e. The molecule has 2 rings (SSSR count). The summed E-state index contributed by atoms with van der Waals surface area (Å²) in [6, 6.07) is 7.43. The summed E-state index contributed by atoms with van der Waals surface area (Å²) in [5.41, 5.74) is 13.0. The Labute approximate surface area is 125 Å². The molecule has 5 heteroatoms. The summed E-state index contributed by atoms with van der Waals surface area (Å²) in [6.45, 7) is 0. The number of rotatable bonds is 5. The van der Waals surface area contributed by atoms with Crippen molar-refractivity contribution >= 4 is 17.5 Å². The van der Waals surface area contributed by atoms with Crippen LogP contribution in [-0.4, -0.2) is 17.9 Å². The van der Waals surface area contributed by atoms with Gasteiger partial charge < -0.3 is 16.8 Å². The van der Waals surface area contributed by atoms with Gasteiger partial charge in [0.1, 0.15) is 0 Å². The fourth-order valence-corrected chi connectivity index (χ4v) is 2.93. The number of nitrogens with two attached hydrogens (primary N) is 2. The summed E-state index contributed by atoms with van der Waals surface area (Å²) >= 11 is 0. The molecule has 2 atom stereocenters. The Morgan fingerprint density at radius 3 is 2.62 bits per heavy atom. The molecule has 0 spiro atoms. The lowest BCUT2D eigenvalue weighted by atomic mass is 9.84. The van der Waals surface area contributed by atoms with Gasteiger partial charge in [0.15, 0.2) is 0 Å². The maximum absolute atomic E-state index is 12.1. The summed E-state index contributed by atoms with van der Waals surface area (Å²) in [5, 5.41) is 2.96. The topological polar surface area (TPSA) is 98.2 Å². The van der Waals surface area contributed by atoms with E-state index in [9.17, 15) is 9.59 Å². The lowest BCUT2D eigenvalue weighted by Crippen LogP contribution is -2.47. The number of benzene rings is 1. The summed E-state index contributed by atoms with van der Waals surface area (Å²) in [5.74, 6) is -0.590. The van der Waals surface area contributed by atoms with Crippen molar-refractivity contribution in [2.75, 3.05) is 5.73 Å². The van der Waals surface area contributed by atoms with E-state index in [0.29, 0.717) is 18.5 Å². The zero-order chi connectivity index (χ0) is 15.2. The molecule has 5 N–H and O–H groups in total. The molecular weight excluding hydrogens is 266 g/mol. The van der Waals surface area contributed by atoms with Crippen LogP contribution in [0.3, 0.4) is 0 Å². The average molecular weight is 289 g/mol. The van der Waals surface area contributed by atoms with Gasteiger partial charge in [-0.25, -0.2) is 0 Å². The number of para-hydroxylation sites is 1. The maximum atomic E-state index is 12.1. The lowest BCUT2D eigenvalue weighted by Gasteiger charge is -2.30. The minimum absolute atomic E-state index is 0.0450. The van der Waals surface area contributed by atoms with Crippen molar-refractivity contribution in [3.63, 3.8) is 0 Å². The number of aryl methyl sites for hydroxylation is 1. The number of anilines is 1. The Balaban J connectivity index is 1.86. The summed E-state index contributed by atoms with van der Waals surface area (Å²) in [4.78, 5) is 23.5. The Morgan fingerprint density at radius 1 is 1.19 bits per heavy atom. The predicted octanol–water partition coefficient (Wildman–Crippen LogP) is 1.36. The minimum atomic E-state index is -0.313. The Bertz CT molecular complexity index is 516. The monoisotopic (exact) mass is 289 g/mol. The standard InChI is InChI=1S/C16H23N3O2/c17-13-7-3-1-5-11(13)9-10-15(20)19-14-8-4-2-6-12(14)16(18)21/h1,3,5,7,12,14H,2,4,6,8-10,17H2,(H2,18,21)(H,19,20). The van der Waals surface area contributed by atoms with E-state index in [2.05, 4.69) is 5.32 Å². The summed E-state index contributed by atoms with van der Waals surface area (Å²) < 4.78 is 0. The van der Waals surface area contributed by atoms with E-state index in [-0.39, 0.29) is 23.8 Å². The predicted molar refractivity (Wildman–Crippen MR) is 82.3 cm³/mol. The van der Waals surface area contributed by atoms with Crippen LogP contribution in [0.4, 0.5) is 5.69 Å². The van der Waals surface area contributed by atoms with Gasteiger partial charge in [0, 0.05) is 18.2 Å². The highest BCUT2D eigenvalue weighted by molar-refractivity contribution is 5.80. The van der Waals surface area contributed by atoms with E-state index in [1.54, 1.807) is 0 Å². The number of hydrogen-bond acceptors (Lipinski definition) is 3. The van der Waals surface area contributed by atoms with E-state index in [1.165, 1.54) is 0 Å². The van der Waals surface area contributed by atoms with Gasteiger partial charge in [-0.2, -0.15) is 0 Å². The molecule has 0 aliphatic heterocycles. The van der Waals surface area contributed by atoms with E-state index >= 15 is 0 Å².